The van der Waals surface area contributed by atoms with Gasteiger partial charge in [0.1, 0.15) is 11.8 Å². The van der Waals surface area contributed by atoms with E-state index in [0.717, 1.165) is 0 Å². The number of benzene rings is 2. The molecule has 0 unspecified atom stereocenters. The lowest BCUT2D eigenvalue weighted by atomic mass is 10.1. The Morgan fingerprint density at radius 2 is 1.97 bits per heavy atom. The van der Waals surface area contributed by atoms with Crippen LogP contribution in [0.3, 0.4) is 0 Å². The second-order valence-electron chi connectivity index (χ2n) is 8.10. The first-order valence-electron chi connectivity index (χ1n) is 10.6. The summed E-state index contributed by atoms with van der Waals surface area (Å²) in [5.74, 6) is -0.323. The minimum atomic E-state index is -1.08. The van der Waals surface area contributed by atoms with Gasteiger partial charge in [-0.05, 0) is 45.0 Å². The van der Waals surface area contributed by atoms with Gasteiger partial charge in [0.05, 0.1) is 22.2 Å². The monoisotopic (exact) mass is 482 g/mol. The van der Waals surface area contributed by atoms with Crippen molar-refractivity contribution in [1.82, 2.24) is 20.0 Å². The van der Waals surface area contributed by atoms with Crippen LogP contribution in [-0.4, -0.2) is 56.2 Å². The van der Waals surface area contributed by atoms with Crippen LogP contribution in [-0.2, 0) is 4.79 Å². The van der Waals surface area contributed by atoms with Crippen molar-refractivity contribution >= 4 is 34.4 Å². The van der Waals surface area contributed by atoms with E-state index in [-0.39, 0.29) is 12.0 Å². The largest absolute Gasteiger partial charge is 0.489 e. The second-order valence-corrected chi connectivity index (χ2v) is 8.50. The molecule has 34 heavy (non-hydrogen) atoms. The highest BCUT2D eigenvalue weighted by Crippen LogP contribution is 2.33. The highest BCUT2D eigenvalue weighted by Gasteiger charge is 2.25. The number of aromatic nitrogens is 3. The van der Waals surface area contributed by atoms with Gasteiger partial charge in [-0.3, -0.25) is 4.79 Å². The number of aliphatic carboxylic acids is 1. The van der Waals surface area contributed by atoms with Gasteiger partial charge in [-0.2, -0.15) is 4.98 Å². The molecule has 1 atom stereocenters. The molecule has 0 spiro atoms. The van der Waals surface area contributed by atoms with Gasteiger partial charge in [0.2, 0.25) is 5.82 Å². The average Bonchev–Trinajstić information content (AvgIpc) is 3.46. The second kappa shape index (κ2) is 9.18. The molecule has 2 aromatic carbocycles. The molecule has 0 bridgehead atoms. The maximum Gasteiger partial charge on any atom is 0.326 e. The number of nitrogens with one attached hydrogen (secondary N) is 1. The maximum atomic E-state index is 12.9. The number of hydrogen-bond donors (Lipinski definition) is 2. The summed E-state index contributed by atoms with van der Waals surface area (Å²) in [6.07, 6.45) is 1.54. The molecule has 0 saturated heterocycles. The van der Waals surface area contributed by atoms with Gasteiger partial charge in [-0.25, -0.2) is 4.79 Å². The van der Waals surface area contributed by atoms with Gasteiger partial charge < -0.3 is 24.3 Å². The van der Waals surface area contributed by atoms with Crippen LogP contribution in [0.4, 0.5) is 0 Å². The predicted octanol–water partition coefficient (Wildman–Crippen LogP) is 4.87. The first kappa shape index (κ1) is 23.3. The first-order valence-corrected chi connectivity index (χ1v) is 11.0. The number of para-hydroxylation sites is 1. The molecule has 0 aliphatic carbocycles. The Labute approximate surface area is 200 Å². The number of amides is 1. The summed E-state index contributed by atoms with van der Waals surface area (Å²) >= 11 is 6.33. The van der Waals surface area contributed by atoms with Gasteiger partial charge in [-0.15, -0.1) is 0 Å². The summed E-state index contributed by atoms with van der Waals surface area (Å²) in [7, 11) is 1.46. The lowest BCUT2D eigenvalue weighted by Crippen LogP contribution is -2.40. The van der Waals surface area contributed by atoms with Crippen LogP contribution in [0.25, 0.3) is 33.7 Å². The molecule has 9 nitrogen and oxygen atoms in total. The van der Waals surface area contributed by atoms with Crippen LogP contribution in [0.2, 0.25) is 5.02 Å². The summed E-state index contributed by atoms with van der Waals surface area (Å²) in [6, 6.07) is 9.61. The van der Waals surface area contributed by atoms with Crippen molar-refractivity contribution in [1.29, 1.82) is 0 Å². The zero-order valence-corrected chi connectivity index (χ0v) is 19.8. The van der Waals surface area contributed by atoms with E-state index in [9.17, 15) is 14.7 Å². The number of fused-ring (bicyclic) bond motifs is 1. The van der Waals surface area contributed by atoms with Crippen LogP contribution < -0.4 is 4.74 Å². The summed E-state index contributed by atoms with van der Waals surface area (Å²) in [5, 5.41) is 14.4. The summed E-state index contributed by atoms with van der Waals surface area (Å²) in [4.78, 5) is 33.0. The standard InChI is InChI=1S/C24H23ClN4O5/c1-12(2)33-19-9-8-14(10-18(19)25)22-27-21(28-34-22)16-7-5-6-15-17(11-26-20(15)16)23(30)29(4)13(3)24(31)32/h5-13,26H,1-4H3,(H,31,32)/t13-/m0/s1. The molecule has 0 fully saturated rings. The lowest BCUT2D eigenvalue weighted by Gasteiger charge is -2.21. The fourth-order valence-corrected chi connectivity index (χ4v) is 3.71. The number of rotatable bonds is 7. The number of hydrogen-bond acceptors (Lipinski definition) is 6. The molecular weight excluding hydrogens is 460 g/mol. The number of carboxylic acid groups (broad SMARTS) is 1. The number of halogens is 1. The van der Waals surface area contributed by atoms with Crippen LogP contribution in [0.5, 0.6) is 5.75 Å². The predicted molar refractivity (Wildman–Crippen MR) is 127 cm³/mol. The lowest BCUT2D eigenvalue weighted by molar-refractivity contribution is -0.141. The SMILES string of the molecule is CC(C)Oc1ccc(-c2nc(-c3cccc4c(C(=O)N(C)[C@@H](C)C(=O)O)c[nH]c34)no2)cc1Cl. The van der Waals surface area contributed by atoms with E-state index in [1.807, 2.05) is 13.8 Å². The highest BCUT2D eigenvalue weighted by molar-refractivity contribution is 6.32. The number of carbonyl (C=O) groups is 2. The minimum Gasteiger partial charge on any atom is -0.489 e. The number of carboxylic acids is 1. The van der Waals surface area contributed by atoms with Crippen molar-refractivity contribution in [2.45, 2.75) is 32.9 Å². The highest BCUT2D eigenvalue weighted by atomic mass is 35.5. The van der Waals surface area contributed by atoms with E-state index in [1.54, 1.807) is 42.6 Å². The number of ether oxygens (including phenoxy) is 1. The van der Waals surface area contributed by atoms with Crippen LogP contribution in [0.15, 0.2) is 47.1 Å². The molecule has 1 amide bonds. The van der Waals surface area contributed by atoms with Gasteiger partial charge in [-0.1, -0.05) is 28.9 Å². The third-order valence-corrected chi connectivity index (χ3v) is 5.71. The topological polar surface area (TPSA) is 122 Å². The maximum absolute atomic E-state index is 12.9. The van der Waals surface area contributed by atoms with Crippen molar-refractivity contribution < 1.29 is 24.0 Å². The van der Waals surface area contributed by atoms with E-state index in [4.69, 9.17) is 20.9 Å². The minimum absolute atomic E-state index is 0.0106. The zero-order valence-electron chi connectivity index (χ0n) is 19.0. The first-order chi connectivity index (χ1) is 16.2. The van der Waals surface area contributed by atoms with Crippen LogP contribution >= 0.6 is 11.6 Å². The summed E-state index contributed by atoms with van der Waals surface area (Å²) < 4.78 is 11.1. The van der Waals surface area contributed by atoms with E-state index < -0.39 is 17.9 Å². The molecule has 4 rings (SSSR count). The molecule has 2 aromatic heterocycles. The Kier molecular flexibility index (Phi) is 6.30. The van der Waals surface area contributed by atoms with Gasteiger partial charge in [0.25, 0.3) is 11.8 Å². The van der Waals surface area contributed by atoms with E-state index >= 15 is 0 Å². The molecule has 2 heterocycles. The summed E-state index contributed by atoms with van der Waals surface area (Å²) in [5.41, 5.74) is 2.25. The molecule has 0 saturated carbocycles. The number of nitrogens with zero attached hydrogens (tertiary/aromatic N) is 3. The quantitative estimate of drug-likeness (QED) is 0.385. The third-order valence-electron chi connectivity index (χ3n) is 5.41. The third kappa shape index (κ3) is 4.34. The number of likely N-dealkylation sites (N-methyl/N-ethyl adjacent to an activating group) is 1. The van der Waals surface area contributed by atoms with Gasteiger partial charge >= 0.3 is 5.97 Å². The molecule has 2 N–H and O–H groups in total. The number of aromatic amines is 1. The summed E-state index contributed by atoms with van der Waals surface area (Å²) in [6.45, 7) is 5.29. The van der Waals surface area contributed by atoms with Crippen molar-refractivity contribution in [2.24, 2.45) is 0 Å². The smallest absolute Gasteiger partial charge is 0.326 e. The average molecular weight is 483 g/mol. The van der Waals surface area contributed by atoms with Crippen molar-refractivity contribution in [3.8, 4) is 28.6 Å². The number of H-pyrrole nitrogens is 1. The molecule has 0 radical (unpaired) electrons. The number of carbonyl (C=O) groups excluding carboxylic acids is 1. The molecule has 10 heteroatoms. The zero-order chi connectivity index (χ0) is 24.6. The van der Waals surface area contributed by atoms with Crippen LogP contribution in [0, 0.1) is 0 Å². The van der Waals surface area contributed by atoms with Crippen molar-refractivity contribution in [2.75, 3.05) is 7.05 Å². The van der Waals surface area contributed by atoms with Crippen molar-refractivity contribution in [3.63, 3.8) is 0 Å². The van der Waals surface area contributed by atoms with E-state index in [0.29, 0.717) is 44.2 Å². The molecular formula is C24H23ClN4O5. The van der Waals surface area contributed by atoms with E-state index in [1.165, 1.54) is 18.9 Å². The van der Waals surface area contributed by atoms with Gasteiger partial charge in [0, 0.05) is 29.8 Å². The molecule has 176 valence electrons. The van der Waals surface area contributed by atoms with Gasteiger partial charge in [0.15, 0.2) is 0 Å². The Bertz CT molecular complexity index is 1380. The molecule has 4 aromatic rings. The molecule has 0 aliphatic rings. The fraction of sp³-hybridized carbons (Fsp3) is 0.250. The normalized spacial score (nSPS) is 12.2. The van der Waals surface area contributed by atoms with Crippen LogP contribution in [0.1, 0.15) is 31.1 Å². The Morgan fingerprint density at radius 3 is 2.65 bits per heavy atom. The van der Waals surface area contributed by atoms with Crippen molar-refractivity contribution in [3.05, 3.63) is 53.2 Å². The fourth-order valence-electron chi connectivity index (χ4n) is 3.48. The molecule has 0 aliphatic heterocycles. The van der Waals surface area contributed by atoms with E-state index in [2.05, 4.69) is 15.1 Å². The Hall–Kier alpha value is -3.85. The Balaban J connectivity index is 1.67. The Morgan fingerprint density at radius 1 is 1.21 bits per heavy atom.